The molecule has 0 bridgehead atoms. The van der Waals surface area contributed by atoms with E-state index in [1.54, 1.807) is 0 Å². The summed E-state index contributed by atoms with van der Waals surface area (Å²) in [6.45, 7) is 0. The summed E-state index contributed by atoms with van der Waals surface area (Å²) >= 11 is 0. The summed E-state index contributed by atoms with van der Waals surface area (Å²) in [6.07, 6.45) is 16.5. The average molecular weight is 393 g/mol. The van der Waals surface area contributed by atoms with Gasteiger partial charge in [0, 0.05) is 11.7 Å². The van der Waals surface area contributed by atoms with E-state index >= 15 is 0 Å². The van der Waals surface area contributed by atoms with E-state index in [-0.39, 0.29) is 0 Å². The minimum absolute atomic E-state index is 0.547. The molecule has 1 aliphatic carbocycles. The molecule has 0 saturated heterocycles. The Hall–Kier alpha value is -2.06. The van der Waals surface area contributed by atoms with Gasteiger partial charge < -0.3 is 5.43 Å². The third kappa shape index (κ3) is 12.9. The monoisotopic (exact) mass is 392 g/mol. The van der Waals surface area contributed by atoms with Crippen LogP contribution in [0.2, 0.25) is 0 Å². The normalized spacial score (nSPS) is 16.7. The van der Waals surface area contributed by atoms with Gasteiger partial charge in [0.1, 0.15) is 0 Å². The van der Waals surface area contributed by atoms with Crippen molar-refractivity contribution in [1.82, 2.24) is 5.43 Å². The molecule has 1 aromatic carbocycles. The van der Waals surface area contributed by atoms with E-state index in [1.165, 1.54) is 77.0 Å². The molecule has 0 unspecified atom stereocenters. The molecule has 1 saturated carbocycles. The lowest BCUT2D eigenvalue weighted by Crippen LogP contribution is -2.34. The van der Waals surface area contributed by atoms with Crippen LogP contribution >= 0.6 is 0 Å². The predicted molar refractivity (Wildman–Crippen MR) is 128 cm³/mol. The standard InChI is InChI=1S/C27H40N2/c1-2-6-10-14-18-22-26(23-19-15-11-7-3-1)28-29-27-24-20-16-12-8-4-5-9-13-17-21-25-27/h1-3,6-7,10-11,14-15,18-19,22-23,27-29H,4-5,8-9,12-13,16-17,20-21,24-25H2. The van der Waals surface area contributed by atoms with Crippen molar-refractivity contribution in [1.29, 1.82) is 0 Å². The SMILES string of the molecule is c1ccccccc(NNC2CCCCCCCCCCCC2)cccccc1. The predicted octanol–water partition coefficient (Wildman–Crippen LogP) is 7.92. The first kappa shape index (κ1) is 23.2. The molecule has 1 aliphatic rings. The summed E-state index contributed by atoms with van der Waals surface area (Å²) in [5, 5.41) is 0. The second kappa shape index (κ2) is 16.9. The molecular weight excluding hydrogens is 352 g/mol. The molecule has 0 aliphatic heterocycles. The maximum absolute atomic E-state index is 3.62. The molecule has 0 heterocycles. The van der Waals surface area contributed by atoms with Crippen molar-refractivity contribution in [3.05, 3.63) is 78.9 Å². The smallest absolute Gasteiger partial charge is 0.0487 e. The number of rotatable bonds is 3. The zero-order chi connectivity index (χ0) is 20.2. The third-order valence-corrected chi connectivity index (χ3v) is 5.44. The lowest BCUT2D eigenvalue weighted by Gasteiger charge is -2.20. The zero-order valence-electron chi connectivity index (χ0n) is 18.1. The Kier molecular flexibility index (Phi) is 13.5. The number of anilines is 1. The van der Waals surface area contributed by atoms with Gasteiger partial charge in [0.2, 0.25) is 0 Å². The van der Waals surface area contributed by atoms with E-state index in [4.69, 9.17) is 0 Å². The number of hydrogen-bond acceptors (Lipinski definition) is 2. The quantitative estimate of drug-likeness (QED) is 0.510. The highest BCUT2D eigenvalue weighted by Gasteiger charge is 2.08. The first-order chi connectivity index (χ1) is 14.4. The molecule has 29 heavy (non-hydrogen) atoms. The van der Waals surface area contributed by atoms with Gasteiger partial charge in [0.15, 0.2) is 0 Å². The highest BCUT2D eigenvalue weighted by atomic mass is 15.4. The first-order valence-electron chi connectivity index (χ1n) is 11.7. The summed E-state index contributed by atoms with van der Waals surface area (Å²) < 4.78 is 0. The molecule has 1 aromatic rings. The Labute approximate surface area is 178 Å². The Balaban J connectivity index is 1.98. The van der Waals surface area contributed by atoms with Crippen LogP contribution in [0.5, 0.6) is 0 Å². The van der Waals surface area contributed by atoms with Crippen LogP contribution in [0.25, 0.3) is 0 Å². The van der Waals surface area contributed by atoms with Crippen LogP contribution in [0.3, 0.4) is 0 Å². The summed E-state index contributed by atoms with van der Waals surface area (Å²) in [5.41, 5.74) is 8.18. The first-order valence-corrected chi connectivity index (χ1v) is 11.7. The lowest BCUT2D eigenvalue weighted by atomic mass is 10.0. The highest BCUT2D eigenvalue weighted by Crippen LogP contribution is 2.17. The molecule has 0 amide bonds. The van der Waals surface area contributed by atoms with Gasteiger partial charge in [0.25, 0.3) is 0 Å². The maximum Gasteiger partial charge on any atom is 0.0487 e. The fourth-order valence-electron chi connectivity index (χ4n) is 3.70. The summed E-state index contributed by atoms with van der Waals surface area (Å²) in [4.78, 5) is 0. The zero-order valence-corrected chi connectivity index (χ0v) is 18.1. The number of nitrogens with one attached hydrogen (secondary N) is 2. The van der Waals surface area contributed by atoms with Gasteiger partial charge in [-0.2, -0.15) is 0 Å². The van der Waals surface area contributed by atoms with Crippen LogP contribution in [0.15, 0.2) is 78.9 Å². The summed E-state index contributed by atoms with van der Waals surface area (Å²) in [5.74, 6) is 0. The van der Waals surface area contributed by atoms with Crippen molar-refractivity contribution in [2.45, 2.75) is 83.1 Å². The molecule has 0 spiro atoms. The molecule has 2 nitrogen and oxygen atoms in total. The van der Waals surface area contributed by atoms with Crippen LogP contribution in [0.4, 0.5) is 5.69 Å². The van der Waals surface area contributed by atoms with E-state index in [1.807, 2.05) is 42.5 Å². The third-order valence-electron chi connectivity index (χ3n) is 5.44. The lowest BCUT2D eigenvalue weighted by molar-refractivity contribution is 0.440. The minimum Gasteiger partial charge on any atom is -0.321 e. The molecule has 2 rings (SSSR count). The van der Waals surface area contributed by atoms with Crippen molar-refractivity contribution >= 4 is 5.69 Å². The molecule has 2 N–H and O–H groups in total. The highest BCUT2D eigenvalue weighted by molar-refractivity contribution is 5.39. The van der Waals surface area contributed by atoms with Crippen molar-refractivity contribution in [2.24, 2.45) is 0 Å². The second-order valence-electron chi connectivity index (χ2n) is 7.98. The van der Waals surface area contributed by atoms with Gasteiger partial charge in [0.05, 0.1) is 0 Å². The van der Waals surface area contributed by atoms with Gasteiger partial charge in [-0.3, -0.25) is 0 Å². The Morgan fingerprint density at radius 2 is 0.793 bits per heavy atom. The second-order valence-corrected chi connectivity index (χ2v) is 7.98. The van der Waals surface area contributed by atoms with Gasteiger partial charge >= 0.3 is 0 Å². The van der Waals surface area contributed by atoms with Gasteiger partial charge in [-0.15, -0.1) is 0 Å². The van der Waals surface area contributed by atoms with Gasteiger partial charge in [-0.1, -0.05) is 131 Å². The van der Waals surface area contributed by atoms with Crippen LogP contribution in [-0.2, 0) is 0 Å². The van der Waals surface area contributed by atoms with Gasteiger partial charge in [-0.25, -0.2) is 5.43 Å². The van der Waals surface area contributed by atoms with Crippen LogP contribution in [0.1, 0.15) is 77.0 Å². The van der Waals surface area contributed by atoms with E-state index < -0.39 is 0 Å². The fourth-order valence-corrected chi connectivity index (χ4v) is 3.70. The number of hydrogen-bond donors (Lipinski definition) is 2. The molecule has 1 fully saturated rings. The minimum atomic E-state index is 0.547. The topological polar surface area (TPSA) is 24.1 Å². The number of hydrazine groups is 1. The van der Waals surface area contributed by atoms with E-state index in [2.05, 4.69) is 47.2 Å². The molecule has 0 aromatic heterocycles. The van der Waals surface area contributed by atoms with Crippen LogP contribution in [0, 0.1) is 0 Å². The molecule has 0 atom stereocenters. The van der Waals surface area contributed by atoms with E-state index in [9.17, 15) is 0 Å². The van der Waals surface area contributed by atoms with Crippen LogP contribution < -0.4 is 10.9 Å². The Morgan fingerprint density at radius 3 is 1.21 bits per heavy atom. The molecule has 158 valence electrons. The van der Waals surface area contributed by atoms with Crippen molar-refractivity contribution in [3.63, 3.8) is 0 Å². The van der Waals surface area contributed by atoms with Gasteiger partial charge in [-0.05, 0) is 25.0 Å². The average Bonchev–Trinajstić information content (AvgIpc) is 2.76. The molecule has 2 heteroatoms. The van der Waals surface area contributed by atoms with Crippen molar-refractivity contribution < 1.29 is 0 Å². The van der Waals surface area contributed by atoms with Crippen molar-refractivity contribution in [2.75, 3.05) is 5.43 Å². The Bertz CT molecular complexity index is 591. The summed E-state index contributed by atoms with van der Waals surface area (Å²) in [7, 11) is 0. The van der Waals surface area contributed by atoms with Crippen molar-refractivity contribution in [3.8, 4) is 0 Å². The van der Waals surface area contributed by atoms with Crippen LogP contribution in [-0.4, -0.2) is 6.04 Å². The molecular formula is C27H40N2. The molecule has 0 radical (unpaired) electrons. The van der Waals surface area contributed by atoms with E-state index in [0.717, 1.165) is 5.69 Å². The van der Waals surface area contributed by atoms with E-state index in [0.29, 0.717) is 6.04 Å². The summed E-state index contributed by atoms with van der Waals surface area (Å²) in [6, 6.07) is 27.3. The Morgan fingerprint density at radius 1 is 0.448 bits per heavy atom. The maximum atomic E-state index is 3.62. The fraction of sp³-hybridized carbons (Fsp3) is 0.481. The largest absolute Gasteiger partial charge is 0.321 e.